The van der Waals surface area contributed by atoms with E-state index in [0.29, 0.717) is 5.56 Å². The highest BCUT2D eigenvalue weighted by Crippen LogP contribution is 2.43. The quantitative estimate of drug-likeness (QED) is 0.625. The van der Waals surface area contributed by atoms with Crippen LogP contribution in [0.5, 0.6) is 17.5 Å². The van der Waals surface area contributed by atoms with Gasteiger partial charge in [-0.1, -0.05) is 42.5 Å². The Balaban J connectivity index is 1.82. The Hall–Kier alpha value is -3.87. The minimum Gasteiger partial charge on any atom is -0.494 e. The fourth-order valence-corrected chi connectivity index (χ4v) is 2.92. The average molecular weight is 348 g/mol. The molecule has 0 saturated carbocycles. The van der Waals surface area contributed by atoms with E-state index in [4.69, 9.17) is 4.74 Å². The third-order valence-corrected chi connectivity index (χ3v) is 4.00. The first-order chi connectivity index (χ1) is 12.6. The van der Waals surface area contributed by atoms with Crippen molar-refractivity contribution in [2.75, 3.05) is 0 Å². The second kappa shape index (κ2) is 5.89. The van der Waals surface area contributed by atoms with Crippen molar-refractivity contribution in [1.82, 2.24) is 4.98 Å². The van der Waals surface area contributed by atoms with Gasteiger partial charge in [0.1, 0.15) is 11.5 Å². The summed E-state index contributed by atoms with van der Waals surface area (Å²) >= 11 is 0. The van der Waals surface area contributed by atoms with Gasteiger partial charge in [0.2, 0.25) is 11.7 Å². The molecule has 7 nitrogen and oxygen atoms in total. The maximum atomic E-state index is 12.8. The third kappa shape index (κ3) is 2.42. The highest BCUT2D eigenvalue weighted by molar-refractivity contribution is 6.56. The van der Waals surface area contributed by atoms with E-state index in [0.717, 1.165) is 0 Å². The van der Waals surface area contributed by atoms with Crippen LogP contribution < -0.4 is 4.74 Å². The monoisotopic (exact) mass is 348 g/mol. The van der Waals surface area contributed by atoms with Crippen LogP contribution in [-0.2, 0) is 0 Å². The summed E-state index contributed by atoms with van der Waals surface area (Å²) in [6.07, 6.45) is -1.01. The second-order valence-corrected chi connectivity index (χ2v) is 5.59. The zero-order valence-corrected chi connectivity index (χ0v) is 13.3. The SMILES string of the molecule is O=C(N=C1C(=O)c2ccccc2-c2c(O)[nH]c(O)c21)Oc1ccccc1. The zero-order chi connectivity index (χ0) is 18.3. The second-order valence-electron chi connectivity index (χ2n) is 5.59. The summed E-state index contributed by atoms with van der Waals surface area (Å²) in [6.45, 7) is 0. The molecular formula is C19H12N2O5. The van der Waals surface area contributed by atoms with Crippen LogP contribution in [0.4, 0.5) is 4.79 Å². The number of hydrogen-bond donors (Lipinski definition) is 3. The molecule has 1 aliphatic carbocycles. The van der Waals surface area contributed by atoms with Crippen molar-refractivity contribution in [3.05, 3.63) is 65.7 Å². The molecule has 1 amide bonds. The lowest BCUT2D eigenvalue weighted by Gasteiger charge is -2.17. The number of fused-ring (bicyclic) bond motifs is 3. The molecule has 3 aromatic rings. The molecule has 0 aliphatic heterocycles. The van der Waals surface area contributed by atoms with E-state index in [-0.39, 0.29) is 34.0 Å². The maximum Gasteiger partial charge on any atom is 0.439 e. The molecule has 0 atom stereocenters. The molecule has 1 heterocycles. The summed E-state index contributed by atoms with van der Waals surface area (Å²) in [5.41, 5.74) is 0.589. The molecule has 4 rings (SSSR count). The molecule has 0 spiro atoms. The molecule has 0 radical (unpaired) electrons. The number of benzene rings is 2. The van der Waals surface area contributed by atoms with Crippen LogP contribution in [0.1, 0.15) is 15.9 Å². The lowest BCUT2D eigenvalue weighted by Crippen LogP contribution is -2.23. The molecule has 26 heavy (non-hydrogen) atoms. The summed E-state index contributed by atoms with van der Waals surface area (Å²) in [5.74, 6) is -1.05. The maximum absolute atomic E-state index is 12.8. The van der Waals surface area contributed by atoms with Gasteiger partial charge >= 0.3 is 6.09 Å². The zero-order valence-electron chi connectivity index (χ0n) is 13.3. The van der Waals surface area contributed by atoms with Gasteiger partial charge in [-0.05, 0) is 17.7 Å². The van der Waals surface area contributed by atoms with Gasteiger partial charge in [0.05, 0.1) is 11.1 Å². The van der Waals surface area contributed by atoms with Crippen molar-refractivity contribution in [3.63, 3.8) is 0 Å². The minimum atomic E-state index is -1.01. The van der Waals surface area contributed by atoms with E-state index in [1.54, 1.807) is 54.6 Å². The van der Waals surface area contributed by atoms with Crippen LogP contribution in [-0.4, -0.2) is 32.8 Å². The minimum absolute atomic E-state index is 0.0313. The topological polar surface area (TPSA) is 112 Å². The van der Waals surface area contributed by atoms with Gasteiger partial charge in [-0.15, -0.1) is 0 Å². The molecule has 128 valence electrons. The lowest BCUT2D eigenvalue weighted by molar-refractivity contribution is 0.106. The number of hydrogen-bond acceptors (Lipinski definition) is 5. The largest absolute Gasteiger partial charge is 0.494 e. The van der Waals surface area contributed by atoms with Crippen molar-refractivity contribution in [2.45, 2.75) is 0 Å². The molecule has 0 bridgehead atoms. The van der Waals surface area contributed by atoms with Crippen molar-refractivity contribution < 1.29 is 24.5 Å². The fourth-order valence-electron chi connectivity index (χ4n) is 2.92. The number of carbonyl (C=O) groups is 2. The van der Waals surface area contributed by atoms with Gasteiger partial charge < -0.3 is 14.9 Å². The Morgan fingerprint density at radius 1 is 0.885 bits per heavy atom. The number of aromatic amines is 1. The lowest BCUT2D eigenvalue weighted by atomic mass is 9.85. The van der Waals surface area contributed by atoms with E-state index in [9.17, 15) is 19.8 Å². The standard InChI is InChI=1S/C19H12N2O5/c22-16-12-9-5-4-8-11(12)13-14(18(24)21-17(13)23)15(16)20-19(25)26-10-6-2-1-3-7-10/h1-9,21,23-24H. The number of aromatic nitrogens is 1. The Bertz CT molecular complexity index is 1070. The number of amides is 1. The van der Waals surface area contributed by atoms with E-state index < -0.39 is 17.8 Å². The summed E-state index contributed by atoms with van der Waals surface area (Å²) in [6, 6.07) is 14.8. The molecule has 3 N–H and O–H groups in total. The number of nitrogens with zero attached hydrogens (tertiary/aromatic N) is 1. The summed E-state index contributed by atoms with van der Waals surface area (Å²) in [5, 5.41) is 20.2. The smallest absolute Gasteiger partial charge is 0.439 e. The van der Waals surface area contributed by atoms with Crippen molar-refractivity contribution >= 4 is 17.6 Å². The first-order valence-electron chi connectivity index (χ1n) is 7.70. The number of nitrogens with one attached hydrogen (secondary N) is 1. The highest BCUT2D eigenvalue weighted by atomic mass is 16.5. The number of rotatable bonds is 1. The first-order valence-corrected chi connectivity index (χ1v) is 7.70. The van der Waals surface area contributed by atoms with Gasteiger partial charge in [0.25, 0.3) is 0 Å². The van der Waals surface area contributed by atoms with E-state index in [2.05, 4.69) is 9.98 Å². The fraction of sp³-hybridized carbons (Fsp3) is 0. The number of Topliss-reactive ketones (excluding diaryl/α,β-unsaturated/α-hetero) is 1. The Kier molecular flexibility index (Phi) is 3.54. The first kappa shape index (κ1) is 15.6. The number of carbonyl (C=O) groups excluding carboxylic acids is 2. The van der Waals surface area contributed by atoms with Crippen molar-refractivity contribution in [3.8, 4) is 28.6 Å². The van der Waals surface area contributed by atoms with Gasteiger partial charge in [-0.2, -0.15) is 4.99 Å². The third-order valence-electron chi connectivity index (χ3n) is 4.00. The van der Waals surface area contributed by atoms with E-state index >= 15 is 0 Å². The van der Waals surface area contributed by atoms with Crippen LogP contribution in [0.2, 0.25) is 0 Å². The Morgan fingerprint density at radius 2 is 1.50 bits per heavy atom. The summed E-state index contributed by atoms with van der Waals surface area (Å²) < 4.78 is 5.08. The van der Waals surface area contributed by atoms with Crippen molar-refractivity contribution in [2.24, 2.45) is 4.99 Å². The summed E-state index contributed by atoms with van der Waals surface area (Å²) in [7, 11) is 0. The van der Waals surface area contributed by atoms with Crippen LogP contribution in [0.25, 0.3) is 11.1 Å². The molecule has 0 saturated heterocycles. The van der Waals surface area contributed by atoms with Crippen LogP contribution >= 0.6 is 0 Å². The van der Waals surface area contributed by atoms with Gasteiger partial charge in [-0.3, -0.25) is 9.78 Å². The predicted molar refractivity (Wildman–Crippen MR) is 92.9 cm³/mol. The molecule has 1 aliphatic rings. The summed E-state index contributed by atoms with van der Waals surface area (Å²) in [4.78, 5) is 31.0. The number of ether oxygens (including phenoxy) is 1. The number of H-pyrrole nitrogens is 1. The number of para-hydroxylation sites is 1. The average Bonchev–Trinajstić information content (AvgIpc) is 2.94. The van der Waals surface area contributed by atoms with E-state index in [1.165, 1.54) is 0 Å². The van der Waals surface area contributed by atoms with Crippen LogP contribution in [0, 0.1) is 0 Å². The van der Waals surface area contributed by atoms with E-state index in [1.807, 2.05) is 0 Å². The van der Waals surface area contributed by atoms with Gasteiger partial charge in [-0.25, -0.2) is 4.79 Å². The van der Waals surface area contributed by atoms with Gasteiger partial charge in [0, 0.05) is 5.56 Å². The number of aliphatic imine (C=N–C) groups is 1. The molecular weight excluding hydrogens is 336 g/mol. The number of ketones is 1. The molecule has 0 fully saturated rings. The van der Waals surface area contributed by atoms with Crippen LogP contribution in [0.3, 0.4) is 0 Å². The van der Waals surface area contributed by atoms with Crippen LogP contribution in [0.15, 0.2) is 59.6 Å². The van der Waals surface area contributed by atoms with Crippen molar-refractivity contribution in [1.29, 1.82) is 0 Å². The molecule has 2 aromatic carbocycles. The predicted octanol–water partition coefficient (Wildman–Crippen LogP) is 3.28. The highest BCUT2D eigenvalue weighted by Gasteiger charge is 2.35. The Morgan fingerprint density at radius 3 is 2.23 bits per heavy atom. The molecule has 1 aromatic heterocycles. The normalized spacial score (nSPS) is 14.0. The number of aromatic hydroxyl groups is 2. The van der Waals surface area contributed by atoms with Gasteiger partial charge in [0.15, 0.2) is 5.88 Å². The molecule has 7 heteroatoms. The Labute approximate surface area is 147 Å². The molecule has 0 unspecified atom stereocenters.